The van der Waals surface area contributed by atoms with Crippen LogP contribution >= 0.6 is 0 Å². The molecule has 14 rings (SSSR count). The van der Waals surface area contributed by atoms with Gasteiger partial charge in [0.2, 0.25) is 0 Å². The van der Waals surface area contributed by atoms with Crippen LogP contribution in [-0.2, 0) is 0 Å². The molecule has 2 heterocycles. The van der Waals surface area contributed by atoms with E-state index in [1.54, 1.807) is 0 Å². The Morgan fingerprint density at radius 3 is 1.41 bits per heavy atom. The van der Waals surface area contributed by atoms with Gasteiger partial charge in [-0.25, -0.2) is 0 Å². The second kappa shape index (κ2) is 18.6. The fraction of sp³-hybridized carbons (Fsp3) is 0. The maximum Gasteiger partial charge on any atom is 0.143 e. The summed E-state index contributed by atoms with van der Waals surface area (Å²) in [7, 11) is 0. The van der Waals surface area contributed by atoms with Gasteiger partial charge in [0.1, 0.15) is 11.2 Å². The number of aromatic nitrogens is 1. The van der Waals surface area contributed by atoms with Crippen molar-refractivity contribution in [1.29, 1.82) is 0 Å². The molecule has 14 aromatic rings. The predicted octanol–water partition coefficient (Wildman–Crippen LogP) is 20.2. The van der Waals surface area contributed by atoms with E-state index in [0.717, 1.165) is 78.1 Å². The molecular weight excluding hydrogens is 909 g/mol. The molecule has 0 atom stereocenters. The Bertz CT molecular complexity index is 4360. The molecule has 0 N–H and O–H groups in total. The van der Waals surface area contributed by atoms with E-state index in [1.807, 2.05) is 6.07 Å². The smallest absolute Gasteiger partial charge is 0.143 e. The highest BCUT2D eigenvalue weighted by molar-refractivity contribution is 6.12. The molecule has 0 radical (unpaired) electrons. The summed E-state index contributed by atoms with van der Waals surface area (Å²) >= 11 is 0. The Morgan fingerprint density at radius 1 is 0.253 bits per heavy atom. The molecule has 2 aromatic heterocycles. The number of rotatable bonds is 10. The van der Waals surface area contributed by atoms with Crippen molar-refractivity contribution in [2.45, 2.75) is 0 Å². The lowest BCUT2D eigenvalue weighted by molar-refractivity contribution is 0.670. The third kappa shape index (κ3) is 8.04. The van der Waals surface area contributed by atoms with Crippen molar-refractivity contribution in [3.05, 3.63) is 291 Å². The van der Waals surface area contributed by atoms with Crippen LogP contribution in [0.25, 0.3) is 116 Å². The summed E-state index contributed by atoms with van der Waals surface area (Å²) in [5, 5.41) is 4.70. The van der Waals surface area contributed by atoms with E-state index in [4.69, 9.17) is 4.42 Å². The summed E-state index contributed by atoms with van der Waals surface area (Å²) < 4.78 is 9.01. The summed E-state index contributed by atoms with van der Waals surface area (Å²) in [6.07, 6.45) is 0. The summed E-state index contributed by atoms with van der Waals surface area (Å²) in [6.45, 7) is 0. The molecule has 0 spiro atoms. The number of benzene rings is 12. The average Bonchev–Trinajstić information content (AvgIpc) is 4.06. The van der Waals surface area contributed by atoms with Gasteiger partial charge in [-0.15, -0.1) is 0 Å². The highest BCUT2D eigenvalue weighted by atomic mass is 16.3. The molecule has 0 aliphatic carbocycles. The molecule has 75 heavy (non-hydrogen) atoms. The number of hydrogen-bond donors (Lipinski definition) is 0. The molecule has 0 unspecified atom stereocenters. The van der Waals surface area contributed by atoms with Gasteiger partial charge in [-0.3, -0.25) is 0 Å². The maximum absolute atomic E-state index is 6.64. The Kier molecular flexibility index (Phi) is 10.8. The summed E-state index contributed by atoms with van der Waals surface area (Å²) in [4.78, 5) is 2.33. The van der Waals surface area contributed by atoms with Crippen molar-refractivity contribution >= 4 is 60.8 Å². The molecule has 0 bridgehead atoms. The first-order valence-corrected chi connectivity index (χ1v) is 25.6. The van der Waals surface area contributed by atoms with Crippen LogP contribution in [0.1, 0.15) is 0 Å². The standard InChI is InChI=1S/C72H48N2O/c1-4-16-49(17-5-1)55-18-14-23-63(47-55)73(60-19-6-2-7-20-60)62-41-38-53(39-42-62)52-32-30-50(31-33-52)51-34-36-54(37-35-51)57-44-58(46-59(45-57)64-26-15-27-67-66-25-11-13-29-71(66)75-72(64)67)56-40-43-70-68(48-56)65-24-10-12-28-69(65)74(70)61-21-8-3-9-22-61/h1-48H. The fourth-order valence-corrected chi connectivity index (χ4v) is 11.1. The van der Waals surface area contributed by atoms with Gasteiger partial charge in [0.05, 0.1) is 11.0 Å². The zero-order valence-corrected chi connectivity index (χ0v) is 41.0. The Hall–Kier alpha value is -9.96. The lowest BCUT2D eigenvalue weighted by Crippen LogP contribution is -2.09. The van der Waals surface area contributed by atoms with Gasteiger partial charge in [-0.05, 0) is 152 Å². The topological polar surface area (TPSA) is 21.3 Å². The van der Waals surface area contributed by atoms with Gasteiger partial charge in [-0.1, -0.05) is 200 Å². The Labute approximate surface area is 436 Å². The molecule has 0 fully saturated rings. The van der Waals surface area contributed by atoms with Crippen LogP contribution in [0, 0.1) is 0 Å². The molecule has 3 nitrogen and oxygen atoms in total. The molecule has 0 aliphatic rings. The zero-order valence-electron chi connectivity index (χ0n) is 41.0. The van der Waals surface area contributed by atoms with E-state index in [-0.39, 0.29) is 0 Å². The van der Waals surface area contributed by atoms with Gasteiger partial charge in [0.25, 0.3) is 0 Å². The largest absolute Gasteiger partial charge is 0.455 e. The quantitative estimate of drug-likeness (QED) is 0.136. The van der Waals surface area contributed by atoms with Gasteiger partial charge >= 0.3 is 0 Å². The van der Waals surface area contributed by atoms with E-state index < -0.39 is 0 Å². The van der Waals surface area contributed by atoms with Crippen LogP contribution < -0.4 is 4.90 Å². The van der Waals surface area contributed by atoms with Crippen molar-refractivity contribution in [3.63, 3.8) is 0 Å². The van der Waals surface area contributed by atoms with Crippen LogP contribution in [0.3, 0.4) is 0 Å². The monoisotopic (exact) mass is 956 g/mol. The molecule has 352 valence electrons. The van der Waals surface area contributed by atoms with Crippen molar-refractivity contribution < 1.29 is 4.42 Å². The molecule has 0 aliphatic heterocycles. The summed E-state index contributed by atoms with van der Waals surface area (Å²) in [5.74, 6) is 0. The first-order chi connectivity index (χ1) is 37.2. The Morgan fingerprint density at radius 2 is 0.707 bits per heavy atom. The second-order valence-electron chi connectivity index (χ2n) is 19.3. The Balaban J connectivity index is 0.796. The fourth-order valence-electron chi connectivity index (χ4n) is 11.1. The number of furan rings is 1. The number of anilines is 3. The van der Waals surface area contributed by atoms with Crippen molar-refractivity contribution in [2.24, 2.45) is 0 Å². The maximum atomic E-state index is 6.64. The average molecular weight is 957 g/mol. The minimum absolute atomic E-state index is 0.894. The van der Waals surface area contributed by atoms with Crippen LogP contribution in [-0.4, -0.2) is 4.57 Å². The minimum Gasteiger partial charge on any atom is -0.455 e. The number of nitrogens with zero attached hydrogens (tertiary/aromatic N) is 2. The first kappa shape index (κ1) is 43.8. The third-order valence-electron chi connectivity index (χ3n) is 14.8. The number of fused-ring (bicyclic) bond motifs is 6. The SMILES string of the molecule is c1ccc(-c2cccc(N(c3ccccc3)c3ccc(-c4ccc(-c5ccc(-c6cc(-c7ccc8c(c7)c7ccccc7n8-c7ccccc7)cc(-c7cccc8c7oc7ccccc78)c6)cc5)cc4)cc3)c2)cc1. The number of hydrogen-bond acceptors (Lipinski definition) is 2. The highest BCUT2D eigenvalue weighted by Crippen LogP contribution is 2.42. The lowest BCUT2D eigenvalue weighted by Gasteiger charge is -2.26. The van der Waals surface area contributed by atoms with Crippen LogP contribution in [0.5, 0.6) is 0 Å². The molecule has 0 saturated carbocycles. The zero-order chi connectivity index (χ0) is 49.7. The normalized spacial score (nSPS) is 11.5. The van der Waals surface area contributed by atoms with Gasteiger partial charge in [0, 0.05) is 49.9 Å². The molecule has 0 saturated heterocycles. The molecule has 12 aromatic carbocycles. The lowest BCUT2D eigenvalue weighted by atomic mass is 9.91. The van der Waals surface area contributed by atoms with E-state index in [0.29, 0.717) is 0 Å². The highest BCUT2D eigenvalue weighted by Gasteiger charge is 2.18. The van der Waals surface area contributed by atoms with Crippen molar-refractivity contribution in [2.75, 3.05) is 4.90 Å². The van der Waals surface area contributed by atoms with E-state index in [1.165, 1.54) is 55.2 Å². The minimum atomic E-state index is 0.894. The van der Waals surface area contributed by atoms with Crippen LogP contribution in [0.15, 0.2) is 296 Å². The van der Waals surface area contributed by atoms with Gasteiger partial charge in [0.15, 0.2) is 0 Å². The first-order valence-electron chi connectivity index (χ1n) is 25.6. The summed E-state index contributed by atoms with van der Waals surface area (Å²) in [6, 6.07) is 105. The molecular formula is C72H48N2O. The van der Waals surface area contributed by atoms with E-state index >= 15 is 0 Å². The summed E-state index contributed by atoms with van der Waals surface area (Å²) in [5.41, 5.74) is 22.5. The second-order valence-corrected chi connectivity index (χ2v) is 19.3. The predicted molar refractivity (Wildman–Crippen MR) is 315 cm³/mol. The third-order valence-corrected chi connectivity index (χ3v) is 14.8. The van der Waals surface area contributed by atoms with E-state index in [2.05, 4.69) is 295 Å². The van der Waals surface area contributed by atoms with E-state index in [9.17, 15) is 0 Å². The van der Waals surface area contributed by atoms with Crippen LogP contribution in [0.4, 0.5) is 17.1 Å². The van der Waals surface area contributed by atoms with Gasteiger partial charge < -0.3 is 13.9 Å². The molecule has 3 heteroatoms. The molecule has 0 amide bonds. The van der Waals surface area contributed by atoms with Crippen molar-refractivity contribution in [3.8, 4) is 72.4 Å². The van der Waals surface area contributed by atoms with Gasteiger partial charge in [-0.2, -0.15) is 0 Å². The number of para-hydroxylation sites is 5. The van der Waals surface area contributed by atoms with Crippen molar-refractivity contribution in [1.82, 2.24) is 4.57 Å². The van der Waals surface area contributed by atoms with Crippen LogP contribution in [0.2, 0.25) is 0 Å².